The lowest BCUT2D eigenvalue weighted by atomic mass is 10.2. The van der Waals surface area contributed by atoms with E-state index in [1.54, 1.807) is 12.1 Å². The first-order valence-corrected chi connectivity index (χ1v) is 5.35. The van der Waals surface area contributed by atoms with E-state index >= 15 is 0 Å². The molecule has 0 aliphatic carbocycles. The highest BCUT2D eigenvalue weighted by Crippen LogP contribution is 2.13. The summed E-state index contributed by atoms with van der Waals surface area (Å²) in [6.45, 7) is 0. The quantitative estimate of drug-likeness (QED) is 0.577. The number of benzene rings is 1. The molecule has 1 rings (SSSR count). The molecule has 0 unspecified atom stereocenters. The van der Waals surface area contributed by atoms with Crippen LogP contribution in [0.15, 0.2) is 54.8 Å². The molecule has 0 saturated heterocycles. The summed E-state index contributed by atoms with van der Waals surface area (Å²) in [5, 5.41) is 8.53. The summed E-state index contributed by atoms with van der Waals surface area (Å²) in [6, 6.07) is 7.31. The summed E-state index contributed by atoms with van der Waals surface area (Å²) in [5.74, 6) is 0. The fourth-order valence-electron chi connectivity index (χ4n) is 1.17. The van der Waals surface area contributed by atoms with E-state index in [1.165, 1.54) is 0 Å². The van der Waals surface area contributed by atoms with Crippen LogP contribution in [0.3, 0.4) is 0 Å². The van der Waals surface area contributed by atoms with E-state index in [9.17, 15) is 0 Å². The van der Waals surface area contributed by atoms with E-state index in [-0.39, 0.29) is 0 Å². The minimum absolute atomic E-state index is 0.562. The largest absolute Gasteiger partial charge is 0.385 e. The first-order valence-electron chi connectivity index (χ1n) is 5.35. The maximum atomic E-state index is 8.53. The van der Waals surface area contributed by atoms with E-state index < -0.39 is 0 Å². The molecular formula is C14H16N3+. The van der Waals surface area contributed by atoms with Crippen molar-refractivity contribution < 1.29 is 0 Å². The standard InChI is InChI=1S/C14H16N3/c1-17(2)12-6-4-3-5-7-13-8-10-14(16-15)11-9-13/h3-12H,1-2H3/q+1/b4-3+,7-5+,12-6+. The minimum atomic E-state index is 0.562. The molecule has 0 N–H and O–H groups in total. The second kappa shape index (κ2) is 7.02. The van der Waals surface area contributed by atoms with Crippen molar-refractivity contribution in [3.63, 3.8) is 0 Å². The van der Waals surface area contributed by atoms with Gasteiger partial charge in [0.1, 0.15) is 0 Å². The van der Waals surface area contributed by atoms with Gasteiger partial charge in [0, 0.05) is 26.2 Å². The molecule has 0 aliphatic rings. The number of allylic oxidation sites excluding steroid dienone is 4. The number of rotatable bonds is 4. The second-order valence-electron chi connectivity index (χ2n) is 3.74. The van der Waals surface area contributed by atoms with Crippen molar-refractivity contribution in [1.29, 1.82) is 5.39 Å². The normalized spacial score (nSPS) is 11.4. The van der Waals surface area contributed by atoms with Crippen LogP contribution in [0.1, 0.15) is 5.56 Å². The lowest BCUT2D eigenvalue weighted by Gasteiger charge is -2.00. The number of hydrogen-bond acceptors (Lipinski definition) is 2. The van der Waals surface area contributed by atoms with Crippen molar-refractivity contribution in [2.24, 2.45) is 0 Å². The zero-order chi connectivity index (χ0) is 12.5. The highest BCUT2D eigenvalue weighted by atomic mass is 15.0. The SMILES string of the molecule is CN(C)/C=C/C=C/C=C/c1ccc([N+]#N)cc1. The summed E-state index contributed by atoms with van der Waals surface area (Å²) < 4.78 is 0. The molecule has 0 atom stereocenters. The number of nitrogens with zero attached hydrogens (tertiary/aromatic N) is 3. The number of hydrogen-bond donors (Lipinski definition) is 0. The molecule has 0 bridgehead atoms. The third-order valence-corrected chi connectivity index (χ3v) is 2.01. The third kappa shape index (κ3) is 5.33. The molecular weight excluding hydrogens is 210 g/mol. The first kappa shape index (κ1) is 12.7. The van der Waals surface area contributed by atoms with E-state index in [0.717, 1.165) is 5.56 Å². The van der Waals surface area contributed by atoms with Gasteiger partial charge in [0.25, 0.3) is 0 Å². The van der Waals surface area contributed by atoms with Crippen molar-refractivity contribution in [3.8, 4) is 0 Å². The molecule has 1 aromatic rings. The number of diazo groups is 1. The average Bonchev–Trinajstić information content (AvgIpc) is 2.34. The van der Waals surface area contributed by atoms with E-state index in [2.05, 4.69) is 4.98 Å². The molecule has 0 fully saturated rings. The van der Waals surface area contributed by atoms with Gasteiger partial charge in [0.15, 0.2) is 4.98 Å². The van der Waals surface area contributed by atoms with Crippen LogP contribution in [0.2, 0.25) is 0 Å². The topological polar surface area (TPSA) is 31.4 Å². The molecule has 3 heteroatoms. The highest BCUT2D eigenvalue weighted by molar-refractivity contribution is 5.56. The lowest BCUT2D eigenvalue weighted by molar-refractivity contribution is 0.564. The van der Waals surface area contributed by atoms with Crippen LogP contribution >= 0.6 is 0 Å². The van der Waals surface area contributed by atoms with Crippen molar-refractivity contribution in [2.75, 3.05) is 14.1 Å². The molecule has 0 aliphatic heterocycles. The molecule has 0 spiro atoms. The van der Waals surface area contributed by atoms with Gasteiger partial charge in [-0.1, -0.05) is 24.3 Å². The van der Waals surface area contributed by atoms with Gasteiger partial charge in [-0.3, -0.25) is 0 Å². The predicted molar refractivity (Wildman–Crippen MR) is 72.2 cm³/mol. The molecule has 3 nitrogen and oxygen atoms in total. The van der Waals surface area contributed by atoms with Crippen molar-refractivity contribution in [3.05, 3.63) is 65.3 Å². The maximum Gasteiger partial charge on any atom is 0.385 e. The Bertz CT molecular complexity index is 459. The van der Waals surface area contributed by atoms with Gasteiger partial charge in [0.2, 0.25) is 5.39 Å². The Morgan fingerprint density at radius 3 is 2.24 bits per heavy atom. The fraction of sp³-hybridized carbons (Fsp3) is 0.143. The molecule has 0 saturated carbocycles. The van der Waals surface area contributed by atoms with Crippen LogP contribution in [0, 0.1) is 5.39 Å². The van der Waals surface area contributed by atoms with Crippen molar-refractivity contribution in [1.82, 2.24) is 4.90 Å². The minimum Gasteiger partial charge on any atom is -0.383 e. The molecule has 0 radical (unpaired) electrons. The Hall–Kier alpha value is -2.34. The van der Waals surface area contributed by atoms with Gasteiger partial charge in [0.05, 0.1) is 0 Å². The smallest absolute Gasteiger partial charge is 0.383 e. The summed E-state index contributed by atoms with van der Waals surface area (Å²) in [7, 11) is 3.96. The summed E-state index contributed by atoms with van der Waals surface area (Å²) in [6.07, 6.45) is 11.8. The molecule has 0 heterocycles. The Labute approximate surface area is 102 Å². The van der Waals surface area contributed by atoms with Crippen molar-refractivity contribution in [2.45, 2.75) is 0 Å². The molecule has 1 aromatic carbocycles. The van der Waals surface area contributed by atoms with Crippen LogP contribution in [-0.2, 0) is 0 Å². The molecule has 0 aromatic heterocycles. The molecule has 86 valence electrons. The Balaban J connectivity index is 2.51. The van der Waals surface area contributed by atoms with Gasteiger partial charge >= 0.3 is 5.69 Å². The monoisotopic (exact) mass is 226 g/mol. The van der Waals surface area contributed by atoms with Crippen LogP contribution in [0.5, 0.6) is 0 Å². The van der Waals surface area contributed by atoms with Gasteiger partial charge < -0.3 is 4.90 Å². The first-order chi connectivity index (χ1) is 8.22. The third-order valence-electron chi connectivity index (χ3n) is 2.01. The van der Waals surface area contributed by atoms with Gasteiger partial charge in [-0.25, -0.2) is 0 Å². The Morgan fingerprint density at radius 1 is 1.00 bits per heavy atom. The van der Waals surface area contributed by atoms with Gasteiger partial charge in [-0.05, 0) is 30.0 Å². The zero-order valence-electron chi connectivity index (χ0n) is 10.1. The van der Waals surface area contributed by atoms with Gasteiger partial charge in [-0.2, -0.15) is 0 Å². The van der Waals surface area contributed by atoms with E-state index in [0.29, 0.717) is 5.69 Å². The Morgan fingerprint density at radius 2 is 1.65 bits per heavy atom. The van der Waals surface area contributed by atoms with Crippen LogP contribution < -0.4 is 0 Å². The summed E-state index contributed by atoms with van der Waals surface area (Å²) in [5.41, 5.74) is 1.63. The van der Waals surface area contributed by atoms with Crippen LogP contribution in [0.25, 0.3) is 11.1 Å². The highest BCUT2D eigenvalue weighted by Gasteiger charge is 1.99. The average molecular weight is 226 g/mol. The van der Waals surface area contributed by atoms with Crippen LogP contribution in [0.4, 0.5) is 5.69 Å². The summed E-state index contributed by atoms with van der Waals surface area (Å²) in [4.78, 5) is 5.07. The second-order valence-corrected chi connectivity index (χ2v) is 3.74. The predicted octanol–water partition coefficient (Wildman–Crippen LogP) is 3.82. The van der Waals surface area contributed by atoms with Crippen LogP contribution in [-0.4, -0.2) is 19.0 Å². The molecule has 17 heavy (non-hydrogen) atoms. The maximum absolute atomic E-state index is 8.53. The summed E-state index contributed by atoms with van der Waals surface area (Å²) >= 11 is 0. The van der Waals surface area contributed by atoms with E-state index in [4.69, 9.17) is 5.39 Å². The van der Waals surface area contributed by atoms with Gasteiger partial charge in [-0.15, -0.1) is 0 Å². The fourth-order valence-corrected chi connectivity index (χ4v) is 1.17. The van der Waals surface area contributed by atoms with E-state index in [1.807, 2.05) is 67.7 Å². The molecule has 0 amide bonds. The lowest BCUT2D eigenvalue weighted by Crippen LogP contribution is -1.99. The zero-order valence-corrected chi connectivity index (χ0v) is 10.1. The Kier molecular flexibility index (Phi) is 5.26. The van der Waals surface area contributed by atoms with Crippen molar-refractivity contribution >= 4 is 11.8 Å².